The average molecular weight is 257 g/mol. The summed E-state index contributed by atoms with van der Waals surface area (Å²) in [5, 5.41) is 1.87. The molecule has 5 nitrogen and oxygen atoms in total. The molecule has 0 atom stereocenters. The molecule has 84 valence electrons. The molecule has 0 unspecified atom stereocenters. The Bertz CT molecular complexity index is 561. The lowest BCUT2D eigenvalue weighted by Crippen LogP contribution is -2.36. The molecule has 0 aliphatic heterocycles. The maximum absolute atomic E-state index is 10.6. The van der Waals surface area contributed by atoms with Gasteiger partial charge in [0, 0.05) is 23.1 Å². The van der Waals surface area contributed by atoms with Crippen molar-refractivity contribution < 1.29 is 17.5 Å². The first kappa shape index (κ1) is 11.2. The van der Waals surface area contributed by atoms with Crippen LogP contribution in [0.15, 0.2) is 36.0 Å². The Morgan fingerprint density at radius 2 is 2.00 bits per heavy atom. The summed E-state index contributed by atoms with van der Waals surface area (Å²) in [6, 6.07) is 5.38. The highest BCUT2D eigenvalue weighted by atomic mass is 32.2. The van der Waals surface area contributed by atoms with Gasteiger partial charge in [0.05, 0.1) is 5.69 Å². The molecular weight excluding hydrogens is 248 g/mol. The van der Waals surface area contributed by atoms with Gasteiger partial charge in [-0.25, -0.2) is 0 Å². The molecule has 2 rings (SSSR count). The minimum Gasteiger partial charge on any atom is -0.281 e. The molecule has 0 radical (unpaired) electrons. The lowest BCUT2D eigenvalue weighted by Gasteiger charge is -1.96. The van der Waals surface area contributed by atoms with Crippen LogP contribution in [0.25, 0.3) is 11.3 Å². The van der Waals surface area contributed by atoms with Crippen LogP contribution in [0.2, 0.25) is 0 Å². The van der Waals surface area contributed by atoms with Crippen molar-refractivity contribution >= 4 is 21.7 Å². The van der Waals surface area contributed by atoms with Crippen LogP contribution in [0.4, 0.5) is 0 Å². The van der Waals surface area contributed by atoms with E-state index in [4.69, 9.17) is 4.55 Å². The number of hydrogen-bond donors (Lipinski definition) is 1. The normalized spacial score (nSPS) is 11.6. The summed E-state index contributed by atoms with van der Waals surface area (Å²) in [6.45, 7) is 0. The third-order valence-corrected chi connectivity index (χ3v) is 3.12. The van der Waals surface area contributed by atoms with Crippen LogP contribution in [-0.4, -0.2) is 17.3 Å². The van der Waals surface area contributed by atoms with Crippen molar-refractivity contribution in [1.29, 1.82) is 0 Å². The van der Waals surface area contributed by atoms with Gasteiger partial charge in [0.15, 0.2) is 12.4 Å². The molecule has 16 heavy (non-hydrogen) atoms. The molecule has 7 heteroatoms. The van der Waals surface area contributed by atoms with Crippen molar-refractivity contribution in [2.24, 2.45) is 0 Å². The van der Waals surface area contributed by atoms with Crippen molar-refractivity contribution in [3.05, 3.63) is 36.0 Å². The molecule has 2 heterocycles. The van der Waals surface area contributed by atoms with Gasteiger partial charge < -0.3 is 0 Å². The van der Waals surface area contributed by atoms with Crippen molar-refractivity contribution in [1.82, 2.24) is 4.37 Å². The maximum atomic E-state index is 10.6. The Morgan fingerprint density at radius 3 is 2.50 bits per heavy atom. The van der Waals surface area contributed by atoms with E-state index in [-0.39, 0.29) is 0 Å². The van der Waals surface area contributed by atoms with Crippen molar-refractivity contribution in [3.8, 4) is 11.3 Å². The summed E-state index contributed by atoms with van der Waals surface area (Å²) >= 11 is 1.36. The third-order valence-electron chi connectivity index (χ3n) is 1.94. The van der Waals surface area contributed by atoms with E-state index in [0.717, 1.165) is 11.3 Å². The van der Waals surface area contributed by atoms with Crippen molar-refractivity contribution in [2.45, 2.75) is 5.88 Å². The molecule has 2 aromatic rings. The van der Waals surface area contributed by atoms with E-state index in [9.17, 15) is 8.42 Å². The second kappa shape index (κ2) is 4.28. The highest BCUT2D eigenvalue weighted by Crippen LogP contribution is 2.16. The molecule has 0 aromatic carbocycles. The summed E-state index contributed by atoms with van der Waals surface area (Å²) < 4.78 is 35.5. The van der Waals surface area contributed by atoms with Crippen LogP contribution < -0.4 is 4.57 Å². The molecule has 1 N–H and O–H groups in total. The highest BCUT2D eigenvalue weighted by Gasteiger charge is 2.12. The van der Waals surface area contributed by atoms with Crippen LogP contribution in [-0.2, 0) is 16.0 Å². The standard InChI is InChI=1S/C9H8N2O3S2/c12-16(13,14)7-11-4-1-8(2-5-11)9-3-6-15-10-9/h1-6H,7H2/p+1. The van der Waals surface area contributed by atoms with E-state index >= 15 is 0 Å². The van der Waals surface area contributed by atoms with Gasteiger partial charge in [-0.1, -0.05) is 0 Å². The fourth-order valence-corrected chi connectivity index (χ4v) is 2.34. The second-order valence-corrected chi connectivity index (χ2v) is 5.28. The molecule has 0 spiro atoms. The van der Waals surface area contributed by atoms with Gasteiger partial charge in [-0.05, 0) is 17.6 Å². The third kappa shape index (κ3) is 2.84. The zero-order chi connectivity index (χ0) is 11.6. The Kier molecular flexibility index (Phi) is 2.99. The van der Waals surface area contributed by atoms with Crippen molar-refractivity contribution in [3.63, 3.8) is 0 Å². The van der Waals surface area contributed by atoms with E-state index in [1.54, 1.807) is 24.5 Å². The Labute approximate surface area is 96.9 Å². The van der Waals surface area contributed by atoms with E-state index in [1.165, 1.54) is 16.1 Å². The number of aromatic nitrogens is 2. The lowest BCUT2D eigenvalue weighted by atomic mass is 10.2. The lowest BCUT2D eigenvalue weighted by molar-refractivity contribution is -0.678. The molecule has 0 saturated carbocycles. The first-order valence-electron chi connectivity index (χ1n) is 4.40. The van der Waals surface area contributed by atoms with Crippen LogP contribution in [0.5, 0.6) is 0 Å². The van der Waals surface area contributed by atoms with Crippen LogP contribution >= 0.6 is 11.5 Å². The van der Waals surface area contributed by atoms with Gasteiger partial charge >= 0.3 is 10.1 Å². The zero-order valence-electron chi connectivity index (χ0n) is 8.15. The number of rotatable bonds is 3. The van der Waals surface area contributed by atoms with Gasteiger partial charge in [0.25, 0.3) is 5.88 Å². The molecule has 0 amide bonds. The molecule has 0 fully saturated rings. The van der Waals surface area contributed by atoms with Gasteiger partial charge in [-0.15, -0.1) is 0 Å². The monoisotopic (exact) mass is 257 g/mol. The Hall–Kier alpha value is -1.31. The number of nitrogens with zero attached hydrogens (tertiary/aromatic N) is 2. The Balaban J connectivity index is 2.24. The molecular formula is C9H9N2O3S2+. The first-order chi connectivity index (χ1) is 7.54. The van der Waals surface area contributed by atoms with E-state index < -0.39 is 16.0 Å². The summed E-state index contributed by atoms with van der Waals surface area (Å²) in [6.07, 6.45) is 3.17. The molecule has 0 bridgehead atoms. The zero-order valence-corrected chi connectivity index (χ0v) is 9.78. The molecule has 0 aliphatic rings. The number of hydrogen-bond acceptors (Lipinski definition) is 4. The van der Waals surface area contributed by atoms with Crippen molar-refractivity contribution in [2.75, 3.05) is 0 Å². The quantitative estimate of drug-likeness (QED) is 0.656. The fourth-order valence-electron chi connectivity index (χ4n) is 1.26. The smallest absolute Gasteiger partial charge is 0.281 e. The molecule has 0 aliphatic carbocycles. The van der Waals surface area contributed by atoms with E-state index in [0.29, 0.717) is 0 Å². The number of pyridine rings is 1. The summed E-state index contributed by atoms with van der Waals surface area (Å²) in [5.74, 6) is -0.440. The van der Waals surface area contributed by atoms with Gasteiger partial charge in [-0.3, -0.25) is 4.55 Å². The predicted octanol–water partition coefficient (Wildman–Crippen LogP) is 0.943. The Morgan fingerprint density at radius 1 is 1.31 bits per heavy atom. The SMILES string of the molecule is O=S(=O)(O)C[n+]1ccc(-c2ccsn2)cc1. The van der Waals surface area contributed by atoms with Gasteiger partial charge in [0.2, 0.25) is 0 Å². The second-order valence-electron chi connectivity index (χ2n) is 3.20. The largest absolute Gasteiger partial charge is 0.326 e. The minimum absolute atomic E-state index is 0.440. The highest BCUT2D eigenvalue weighted by molar-refractivity contribution is 7.84. The van der Waals surface area contributed by atoms with Crippen LogP contribution in [0.3, 0.4) is 0 Å². The van der Waals surface area contributed by atoms with Gasteiger partial charge in [-0.2, -0.15) is 17.4 Å². The first-order valence-corrected chi connectivity index (χ1v) is 6.84. The molecule has 2 aromatic heterocycles. The minimum atomic E-state index is -3.99. The summed E-state index contributed by atoms with van der Waals surface area (Å²) in [7, 11) is -3.99. The van der Waals surface area contributed by atoms with Gasteiger partial charge in [0.1, 0.15) is 0 Å². The van der Waals surface area contributed by atoms with Crippen LogP contribution in [0, 0.1) is 0 Å². The maximum Gasteiger partial charge on any atom is 0.326 e. The predicted molar refractivity (Wildman–Crippen MR) is 59.3 cm³/mol. The summed E-state index contributed by atoms with van der Waals surface area (Å²) in [4.78, 5) is 0. The topological polar surface area (TPSA) is 71.1 Å². The summed E-state index contributed by atoms with van der Waals surface area (Å²) in [5.41, 5.74) is 1.76. The average Bonchev–Trinajstić information content (AvgIpc) is 2.69. The van der Waals surface area contributed by atoms with Crippen LogP contribution in [0.1, 0.15) is 0 Å². The van der Waals surface area contributed by atoms with E-state index in [1.807, 2.05) is 11.4 Å². The fraction of sp³-hybridized carbons (Fsp3) is 0.111. The molecule has 0 saturated heterocycles. The van der Waals surface area contributed by atoms with E-state index in [2.05, 4.69) is 4.37 Å².